The molecule has 2 aromatic carbocycles. The monoisotopic (exact) mass is 503 g/mol. The first kappa shape index (κ1) is 21.7. The molecule has 9 nitrogen and oxygen atoms in total. The lowest BCUT2D eigenvalue weighted by Gasteiger charge is -2.35. The van der Waals surface area contributed by atoms with Crippen molar-refractivity contribution in [2.24, 2.45) is 0 Å². The fraction of sp³-hybridized carbons (Fsp3) is 0.294. The Balaban J connectivity index is 1.79. The molecular formula is C17H18BrN3O6S2. The van der Waals surface area contributed by atoms with E-state index in [2.05, 4.69) is 15.9 Å². The van der Waals surface area contributed by atoms with Crippen molar-refractivity contribution in [2.45, 2.75) is 9.79 Å². The van der Waals surface area contributed by atoms with Crippen LogP contribution < -0.4 is 4.90 Å². The number of nitro groups is 1. The van der Waals surface area contributed by atoms with Crippen molar-refractivity contribution < 1.29 is 21.8 Å². The number of nitrogens with zero attached hydrogens (tertiary/aromatic N) is 3. The quantitative estimate of drug-likeness (QED) is 0.453. The summed E-state index contributed by atoms with van der Waals surface area (Å²) in [6, 6.07) is 10.0. The zero-order chi connectivity index (χ0) is 21.4. The second kappa shape index (κ2) is 8.01. The molecule has 3 rings (SSSR count). The topological polar surface area (TPSA) is 118 Å². The number of halogens is 1. The summed E-state index contributed by atoms with van der Waals surface area (Å²) >= 11 is 3.20. The van der Waals surface area contributed by atoms with Crippen molar-refractivity contribution in [3.63, 3.8) is 0 Å². The molecule has 2 aromatic rings. The van der Waals surface area contributed by atoms with Crippen molar-refractivity contribution in [1.29, 1.82) is 0 Å². The van der Waals surface area contributed by atoms with Crippen molar-refractivity contribution in [3.8, 4) is 0 Å². The Morgan fingerprint density at radius 3 is 2.07 bits per heavy atom. The fourth-order valence-electron chi connectivity index (χ4n) is 3.02. The minimum absolute atomic E-state index is 0.00873. The Kier molecular flexibility index (Phi) is 5.99. The molecule has 1 fully saturated rings. The Bertz CT molecular complexity index is 1140. The number of nitro benzene ring substituents is 1. The largest absolute Gasteiger partial charge is 0.369 e. The summed E-state index contributed by atoms with van der Waals surface area (Å²) in [4.78, 5) is 12.1. The number of benzene rings is 2. The molecule has 12 heteroatoms. The normalized spacial score (nSPS) is 16.0. The van der Waals surface area contributed by atoms with Gasteiger partial charge in [0.15, 0.2) is 9.84 Å². The van der Waals surface area contributed by atoms with Crippen molar-refractivity contribution in [3.05, 3.63) is 57.1 Å². The van der Waals surface area contributed by atoms with E-state index in [1.54, 1.807) is 12.1 Å². The molecule has 0 amide bonds. The molecule has 1 aliphatic rings. The Morgan fingerprint density at radius 1 is 0.966 bits per heavy atom. The van der Waals surface area contributed by atoms with Crippen LogP contribution in [-0.2, 0) is 19.9 Å². The highest BCUT2D eigenvalue weighted by Gasteiger charge is 2.31. The first-order chi connectivity index (χ1) is 13.5. The molecule has 0 unspecified atom stereocenters. The lowest BCUT2D eigenvalue weighted by Crippen LogP contribution is -2.48. The molecule has 29 heavy (non-hydrogen) atoms. The third kappa shape index (κ3) is 4.60. The summed E-state index contributed by atoms with van der Waals surface area (Å²) < 4.78 is 51.3. The molecule has 1 aliphatic heterocycles. The van der Waals surface area contributed by atoms with Crippen molar-refractivity contribution in [1.82, 2.24) is 4.31 Å². The van der Waals surface area contributed by atoms with Gasteiger partial charge in [-0.2, -0.15) is 4.31 Å². The van der Waals surface area contributed by atoms with Gasteiger partial charge in [0.25, 0.3) is 5.69 Å². The van der Waals surface area contributed by atoms with E-state index >= 15 is 0 Å². The van der Waals surface area contributed by atoms with Gasteiger partial charge in [0.2, 0.25) is 10.0 Å². The molecule has 0 aromatic heterocycles. The zero-order valence-corrected chi connectivity index (χ0v) is 18.6. The minimum atomic E-state index is -3.89. The van der Waals surface area contributed by atoms with Crippen LogP contribution in [0.1, 0.15) is 0 Å². The van der Waals surface area contributed by atoms with Crippen LogP contribution in [0.25, 0.3) is 0 Å². The molecular weight excluding hydrogens is 486 g/mol. The number of non-ortho nitro benzene ring substituents is 1. The van der Waals surface area contributed by atoms with Gasteiger partial charge >= 0.3 is 0 Å². The van der Waals surface area contributed by atoms with E-state index in [0.717, 1.165) is 18.0 Å². The molecule has 0 aliphatic carbocycles. The molecule has 156 valence electrons. The van der Waals surface area contributed by atoms with E-state index in [0.29, 0.717) is 17.6 Å². The molecule has 0 bridgehead atoms. The Labute approximate surface area is 177 Å². The maximum Gasteiger partial charge on any atom is 0.269 e. The predicted octanol–water partition coefficient (Wildman–Crippen LogP) is 2.27. The van der Waals surface area contributed by atoms with Gasteiger partial charge in [-0.3, -0.25) is 10.1 Å². The van der Waals surface area contributed by atoms with Gasteiger partial charge in [-0.25, -0.2) is 16.8 Å². The number of piperazine rings is 1. The molecule has 0 N–H and O–H groups in total. The molecule has 1 saturated heterocycles. The van der Waals surface area contributed by atoms with Crippen LogP contribution in [-0.4, -0.2) is 58.5 Å². The summed E-state index contributed by atoms with van der Waals surface area (Å²) in [6.45, 7) is 1.21. The zero-order valence-electron chi connectivity index (χ0n) is 15.4. The Hall–Kier alpha value is -2.02. The van der Waals surface area contributed by atoms with Crippen molar-refractivity contribution >= 4 is 47.2 Å². The molecule has 0 saturated carbocycles. The van der Waals surface area contributed by atoms with E-state index in [9.17, 15) is 26.9 Å². The van der Waals surface area contributed by atoms with Gasteiger partial charge < -0.3 is 4.90 Å². The summed E-state index contributed by atoms with van der Waals surface area (Å²) in [5.74, 6) is 0. The molecule has 0 radical (unpaired) electrons. The first-order valence-electron chi connectivity index (χ1n) is 8.49. The van der Waals surface area contributed by atoms with Gasteiger partial charge in [-0.15, -0.1) is 0 Å². The minimum Gasteiger partial charge on any atom is -0.369 e. The summed E-state index contributed by atoms with van der Waals surface area (Å²) in [5, 5.41) is 10.8. The van der Waals surface area contributed by atoms with Crippen LogP contribution >= 0.6 is 15.9 Å². The molecule has 0 spiro atoms. The van der Waals surface area contributed by atoms with Crippen molar-refractivity contribution in [2.75, 3.05) is 37.3 Å². The highest BCUT2D eigenvalue weighted by Crippen LogP contribution is 2.29. The molecule has 0 atom stereocenters. The maximum absolute atomic E-state index is 13.1. The molecule has 1 heterocycles. The maximum atomic E-state index is 13.1. The highest BCUT2D eigenvalue weighted by molar-refractivity contribution is 9.10. The number of hydrogen-bond acceptors (Lipinski definition) is 7. The van der Waals surface area contributed by atoms with Crippen LogP contribution in [0.5, 0.6) is 0 Å². The summed E-state index contributed by atoms with van der Waals surface area (Å²) in [5.41, 5.74) is 0.762. The van der Waals surface area contributed by atoms with E-state index in [1.807, 2.05) is 4.90 Å². The number of hydrogen-bond donors (Lipinski definition) is 0. The summed E-state index contributed by atoms with van der Waals surface area (Å²) in [7, 11) is -7.44. The number of sulfonamides is 1. The average molecular weight is 504 g/mol. The van der Waals surface area contributed by atoms with Crippen LogP contribution in [0.2, 0.25) is 0 Å². The van der Waals surface area contributed by atoms with Crippen LogP contribution in [0.15, 0.2) is 56.7 Å². The number of anilines is 1. The smallest absolute Gasteiger partial charge is 0.269 e. The SMILES string of the molecule is CS(=O)(=O)c1ccc(Br)c(S(=O)(=O)N2CCN(c3ccc([N+](=O)[O-])cc3)CC2)c1. The Morgan fingerprint density at radius 2 is 1.55 bits per heavy atom. The first-order valence-corrected chi connectivity index (χ1v) is 12.6. The fourth-order valence-corrected chi connectivity index (χ4v) is 6.12. The third-order valence-electron chi connectivity index (χ3n) is 4.61. The summed E-state index contributed by atoms with van der Waals surface area (Å²) in [6.07, 6.45) is 1.02. The van der Waals surface area contributed by atoms with E-state index in [1.165, 1.54) is 28.6 Å². The number of sulfone groups is 1. The van der Waals surface area contributed by atoms with Gasteiger partial charge in [0, 0.05) is 54.7 Å². The van der Waals surface area contributed by atoms with Gasteiger partial charge in [0.05, 0.1) is 14.7 Å². The van der Waals surface area contributed by atoms with E-state index in [4.69, 9.17) is 0 Å². The van der Waals surface area contributed by atoms with Gasteiger partial charge in [-0.05, 0) is 46.3 Å². The lowest BCUT2D eigenvalue weighted by atomic mass is 10.2. The lowest BCUT2D eigenvalue weighted by molar-refractivity contribution is -0.384. The van der Waals surface area contributed by atoms with Crippen LogP contribution in [0.3, 0.4) is 0 Å². The highest BCUT2D eigenvalue weighted by atomic mass is 79.9. The number of rotatable bonds is 5. The predicted molar refractivity (Wildman–Crippen MR) is 111 cm³/mol. The second-order valence-electron chi connectivity index (χ2n) is 6.53. The second-order valence-corrected chi connectivity index (χ2v) is 11.3. The van der Waals surface area contributed by atoms with E-state index in [-0.39, 0.29) is 28.6 Å². The van der Waals surface area contributed by atoms with Gasteiger partial charge in [-0.1, -0.05) is 0 Å². The van der Waals surface area contributed by atoms with Gasteiger partial charge in [0.1, 0.15) is 0 Å². The van der Waals surface area contributed by atoms with Crippen LogP contribution in [0.4, 0.5) is 11.4 Å². The van der Waals surface area contributed by atoms with Crippen LogP contribution in [0, 0.1) is 10.1 Å². The third-order valence-corrected chi connectivity index (χ3v) is 8.62. The van der Waals surface area contributed by atoms with E-state index < -0.39 is 24.8 Å². The standard InChI is InChI=1S/C17H18BrN3O6S2/c1-28(24,25)15-6-7-16(18)17(12-15)29(26,27)20-10-8-19(9-11-20)13-2-4-14(5-3-13)21(22)23/h2-7,12H,8-11H2,1H3. The average Bonchev–Trinajstić information content (AvgIpc) is 2.67.